The Bertz CT molecular complexity index is 1460. The van der Waals surface area contributed by atoms with Crippen molar-refractivity contribution >= 4 is 17.4 Å². The Morgan fingerprint density at radius 3 is 2.65 bits per heavy atom. The van der Waals surface area contributed by atoms with Crippen LogP contribution in [0, 0.1) is 24.0 Å². The summed E-state index contributed by atoms with van der Waals surface area (Å²) in [6.07, 6.45) is -4.45. The van der Waals surface area contributed by atoms with Crippen molar-refractivity contribution in [1.82, 2.24) is 9.78 Å². The van der Waals surface area contributed by atoms with Gasteiger partial charge in [0.15, 0.2) is 17.3 Å². The van der Waals surface area contributed by atoms with Crippen molar-refractivity contribution in [2.24, 2.45) is 0 Å². The Labute approximate surface area is 208 Å². The van der Waals surface area contributed by atoms with E-state index in [0.717, 1.165) is 12.1 Å². The SMILES string of the molecule is Cc1ccc(OCc2ccc(C(=O)Nc3cc(C)n(Cc4cccc(C(F)(F)F)c4)n3)o2)c([N+](=O)[O-])c1. The summed E-state index contributed by atoms with van der Waals surface area (Å²) in [5.41, 5.74) is 0.811. The van der Waals surface area contributed by atoms with Gasteiger partial charge in [-0.15, -0.1) is 0 Å². The number of anilines is 1. The van der Waals surface area contributed by atoms with Crippen LogP contribution in [-0.4, -0.2) is 20.6 Å². The number of ether oxygens (including phenoxy) is 1. The first-order valence-corrected chi connectivity index (χ1v) is 11.0. The molecular formula is C25H21F3N4O5. The molecule has 2 heterocycles. The number of benzene rings is 2. The summed E-state index contributed by atoms with van der Waals surface area (Å²) in [5, 5.41) is 18.1. The number of nitrogens with one attached hydrogen (secondary N) is 1. The number of carbonyl (C=O) groups excluding carboxylic acids is 1. The lowest BCUT2D eigenvalue weighted by atomic mass is 10.1. The maximum absolute atomic E-state index is 13.0. The molecule has 192 valence electrons. The van der Waals surface area contributed by atoms with Gasteiger partial charge in [-0.05, 0) is 55.3 Å². The van der Waals surface area contributed by atoms with E-state index in [4.69, 9.17) is 9.15 Å². The summed E-state index contributed by atoms with van der Waals surface area (Å²) in [6, 6.07) is 14.0. The summed E-state index contributed by atoms with van der Waals surface area (Å²) in [5.74, 6) is -0.108. The third-order valence-electron chi connectivity index (χ3n) is 5.38. The molecule has 0 fully saturated rings. The minimum Gasteiger partial charge on any atom is -0.479 e. The zero-order chi connectivity index (χ0) is 26.7. The van der Waals surface area contributed by atoms with Crippen LogP contribution in [0.15, 0.2) is 65.1 Å². The molecular weight excluding hydrogens is 493 g/mol. The number of carbonyl (C=O) groups is 1. The fourth-order valence-corrected chi connectivity index (χ4v) is 3.55. The number of nitro groups is 1. The standard InChI is InChI=1S/C25H21F3N4O5/c1-15-6-8-21(20(10-15)32(34)35)36-14-19-7-9-22(37-19)24(33)29-23-11-16(2)31(30-23)13-17-4-3-5-18(12-17)25(26,27)28/h3-12H,13-14H2,1-2H3,(H,29,30,33). The van der Waals surface area contributed by atoms with E-state index < -0.39 is 22.6 Å². The zero-order valence-electron chi connectivity index (χ0n) is 19.7. The Kier molecular flexibility index (Phi) is 7.00. The van der Waals surface area contributed by atoms with Gasteiger partial charge in [0.1, 0.15) is 12.4 Å². The van der Waals surface area contributed by atoms with Crippen LogP contribution in [0.4, 0.5) is 24.7 Å². The van der Waals surface area contributed by atoms with E-state index in [2.05, 4.69) is 10.4 Å². The number of furan rings is 1. The van der Waals surface area contributed by atoms with Gasteiger partial charge in [0.2, 0.25) is 0 Å². The molecule has 0 aliphatic carbocycles. The lowest BCUT2D eigenvalue weighted by molar-refractivity contribution is -0.386. The average molecular weight is 514 g/mol. The maximum atomic E-state index is 13.0. The Hall–Kier alpha value is -4.61. The number of halogens is 3. The van der Waals surface area contributed by atoms with Gasteiger partial charge in [0.05, 0.1) is 17.0 Å². The number of nitro benzene ring substituents is 1. The van der Waals surface area contributed by atoms with Gasteiger partial charge in [-0.1, -0.05) is 18.2 Å². The highest BCUT2D eigenvalue weighted by Gasteiger charge is 2.30. The van der Waals surface area contributed by atoms with Crippen LogP contribution in [0.25, 0.3) is 0 Å². The number of hydrogen-bond acceptors (Lipinski definition) is 6. The van der Waals surface area contributed by atoms with E-state index in [0.29, 0.717) is 16.8 Å². The highest BCUT2D eigenvalue weighted by Crippen LogP contribution is 2.30. The number of aryl methyl sites for hydroxylation is 2. The molecule has 4 aromatic rings. The molecule has 0 saturated carbocycles. The van der Waals surface area contributed by atoms with Crippen molar-refractivity contribution in [1.29, 1.82) is 0 Å². The van der Waals surface area contributed by atoms with E-state index in [1.807, 2.05) is 0 Å². The smallest absolute Gasteiger partial charge is 0.416 e. The van der Waals surface area contributed by atoms with E-state index in [9.17, 15) is 28.1 Å². The normalized spacial score (nSPS) is 11.4. The average Bonchev–Trinajstić information content (AvgIpc) is 3.44. The molecule has 9 nitrogen and oxygen atoms in total. The minimum atomic E-state index is -4.45. The summed E-state index contributed by atoms with van der Waals surface area (Å²) in [7, 11) is 0. The first kappa shape index (κ1) is 25.5. The predicted octanol–water partition coefficient (Wildman–Crippen LogP) is 5.90. The Balaban J connectivity index is 1.40. The van der Waals surface area contributed by atoms with E-state index in [1.54, 1.807) is 32.0 Å². The maximum Gasteiger partial charge on any atom is 0.416 e. The second-order valence-corrected chi connectivity index (χ2v) is 8.26. The van der Waals surface area contributed by atoms with Crippen molar-refractivity contribution in [3.8, 4) is 5.75 Å². The number of hydrogen-bond donors (Lipinski definition) is 1. The van der Waals surface area contributed by atoms with Crippen molar-refractivity contribution in [2.75, 3.05) is 5.32 Å². The highest BCUT2D eigenvalue weighted by molar-refractivity contribution is 6.01. The van der Waals surface area contributed by atoms with Gasteiger partial charge in [-0.3, -0.25) is 19.6 Å². The van der Waals surface area contributed by atoms with Crippen molar-refractivity contribution in [2.45, 2.75) is 33.2 Å². The minimum absolute atomic E-state index is 0.0397. The summed E-state index contributed by atoms with van der Waals surface area (Å²) in [4.78, 5) is 23.3. The second-order valence-electron chi connectivity index (χ2n) is 8.26. The largest absolute Gasteiger partial charge is 0.479 e. The molecule has 2 aromatic heterocycles. The molecule has 0 spiro atoms. The third-order valence-corrected chi connectivity index (χ3v) is 5.38. The molecule has 12 heteroatoms. The van der Waals surface area contributed by atoms with Crippen molar-refractivity contribution < 1.29 is 32.0 Å². The molecule has 0 unspecified atom stereocenters. The lowest BCUT2D eigenvalue weighted by Crippen LogP contribution is -2.12. The Morgan fingerprint density at radius 1 is 1.14 bits per heavy atom. The second kappa shape index (κ2) is 10.2. The fraction of sp³-hybridized carbons (Fsp3) is 0.200. The fourth-order valence-electron chi connectivity index (χ4n) is 3.55. The number of amides is 1. The monoisotopic (exact) mass is 514 g/mol. The molecule has 0 aliphatic heterocycles. The molecule has 1 N–H and O–H groups in total. The molecule has 0 radical (unpaired) electrons. The highest BCUT2D eigenvalue weighted by atomic mass is 19.4. The van der Waals surface area contributed by atoms with Crippen LogP contribution in [0.5, 0.6) is 5.75 Å². The quantitative estimate of drug-likeness (QED) is 0.231. The molecule has 1 amide bonds. The van der Waals surface area contributed by atoms with Gasteiger partial charge in [-0.2, -0.15) is 18.3 Å². The summed E-state index contributed by atoms with van der Waals surface area (Å²) >= 11 is 0. The lowest BCUT2D eigenvalue weighted by Gasteiger charge is -2.09. The number of nitrogens with zero attached hydrogens (tertiary/aromatic N) is 3. The summed E-state index contributed by atoms with van der Waals surface area (Å²) < 4.78 is 51.4. The van der Waals surface area contributed by atoms with E-state index >= 15 is 0 Å². The molecule has 4 rings (SSSR count). The third kappa shape index (κ3) is 6.15. The molecule has 0 aliphatic rings. The van der Waals surface area contributed by atoms with Gasteiger partial charge < -0.3 is 14.5 Å². The topological polar surface area (TPSA) is 112 Å². The first-order chi connectivity index (χ1) is 17.5. The predicted molar refractivity (Wildman–Crippen MR) is 126 cm³/mol. The van der Waals surface area contributed by atoms with Gasteiger partial charge >= 0.3 is 11.9 Å². The Morgan fingerprint density at radius 2 is 1.92 bits per heavy atom. The number of aromatic nitrogens is 2. The molecule has 2 aromatic carbocycles. The van der Waals surface area contributed by atoms with Crippen LogP contribution < -0.4 is 10.1 Å². The van der Waals surface area contributed by atoms with Crippen molar-refractivity contribution in [3.05, 3.63) is 105 Å². The van der Waals surface area contributed by atoms with Crippen LogP contribution in [0.1, 0.15) is 38.7 Å². The van der Waals surface area contributed by atoms with Gasteiger partial charge in [0.25, 0.3) is 5.91 Å². The molecule has 0 bridgehead atoms. The van der Waals surface area contributed by atoms with Gasteiger partial charge in [-0.25, -0.2) is 0 Å². The number of alkyl halides is 3. The number of rotatable bonds is 8. The van der Waals surface area contributed by atoms with Crippen molar-refractivity contribution in [3.63, 3.8) is 0 Å². The molecule has 37 heavy (non-hydrogen) atoms. The molecule has 0 saturated heterocycles. The zero-order valence-corrected chi connectivity index (χ0v) is 19.7. The van der Waals surface area contributed by atoms with Crippen LogP contribution >= 0.6 is 0 Å². The van der Waals surface area contributed by atoms with Crippen LogP contribution in [-0.2, 0) is 19.3 Å². The van der Waals surface area contributed by atoms with E-state index in [-0.39, 0.29) is 41.9 Å². The molecule has 0 atom stereocenters. The van der Waals surface area contributed by atoms with Crippen LogP contribution in [0.2, 0.25) is 0 Å². The van der Waals surface area contributed by atoms with Crippen LogP contribution in [0.3, 0.4) is 0 Å². The summed E-state index contributed by atoms with van der Waals surface area (Å²) in [6.45, 7) is 3.38. The van der Waals surface area contributed by atoms with E-state index in [1.165, 1.54) is 35.0 Å². The van der Waals surface area contributed by atoms with Gasteiger partial charge in [0, 0.05) is 17.8 Å². The first-order valence-electron chi connectivity index (χ1n) is 11.0.